The van der Waals surface area contributed by atoms with Gasteiger partial charge in [-0.15, -0.1) is 0 Å². The van der Waals surface area contributed by atoms with Crippen LogP contribution in [-0.4, -0.2) is 62.5 Å². The molecule has 0 bridgehead atoms. The molecule has 0 fully saturated rings. The Morgan fingerprint density at radius 1 is 1.45 bits per heavy atom. The molecule has 1 atom stereocenters. The highest BCUT2D eigenvalue weighted by Gasteiger charge is 2.20. The largest absolute Gasteiger partial charge is 0.445 e. The van der Waals surface area contributed by atoms with Crippen molar-refractivity contribution in [3.05, 3.63) is 12.7 Å². The van der Waals surface area contributed by atoms with E-state index in [4.69, 9.17) is 4.74 Å². The lowest BCUT2D eigenvalue weighted by Gasteiger charge is -2.17. The minimum Gasteiger partial charge on any atom is -0.445 e. The maximum absolute atomic E-state index is 11.9. The molecule has 116 valence electrons. The summed E-state index contributed by atoms with van der Waals surface area (Å²) in [4.78, 5) is 25.4. The van der Waals surface area contributed by atoms with Gasteiger partial charge in [-0.25, -0.2) is 4.79 Å². The van der Waals surface area contributed by atoms with Crippen LogP contribution in [0.4, 0.5) is 4.79 Å². The summed E-state index contributed by atoms with van der Waals surface area (Å²) >= 11 is 4.09. The molecule has 2 N–H and O–H groups in total. The van der Waals surface area contributed by atoms with Gasteiger partial charge >= 0.3 is 6.09 Å². The van der Waals surface area contributed by atoms with Crippen LogP contribution >= 0.6 is 12.6 Å². The Hall–Kier alpha value is -1.21. The number of ether oxygens (including phenoxy) is 1. The van der Waals surface area contributed by atoms with Crippen LogP contribution in [0.25, 0.3) is 0 Å². The van der Waals surface area contributed by atoms with E-state index in [0.29, 0.717) is 18.7 Å². The van der Waals surface area contributed by atoms with Gasteiger partial charge in [-0.3, -0.25) is 4.79 Å². The minimum atomic E-state index is -0.625. The number of carbonyl (C=O) groups is 2. The van der Waals surface area contributed by atoms with Gasteiger partial charge in [-0.1, -0.05) is 12.7 Å². The van der Waals surface area contributed by atoms with Gasteiger partial charge in [0, 0.05) is 6.54 Å². The van der Waals surface area contributed by atoms with Crippen molar-refractivity contribution in [3.63, 3.8) is 0 Å². The number of hydrogen-bond donors (Lipinski definition) is 3. The van der Waals surface area contributed by atoms with Crippen LogP contribution in [0.3, 0.4) is 0 Å². The lowest BCUT2D eigenvalue weighted by atomic mass is 10.2. The van der Waals surface area contributed by atoms with E-state index in [2.05, 4.69) is 29.8 Å². The van der Waals surface area contributed by atoms with Gasteiger partial charge in [0.2, 0.25) is 5.91 Å². The summed E-state index contributed by atoms with van der Waals surface area (Å²) in [5.41, 5.74) is 0. The van der Waals surface area contributed by atoms with Crippen LogP contribution in [0.1, 0.15) is 12.8 Å². The molecule has 0 spiro atoms. The van der Waals surface area contributed by atoms with Gasteiger partial charge in [0.05, 0.1) is 0 Å². The van der Waals surface area contributed by atoms with E-state index >= 15 is 0 Å². The Morgan fingerprint density at radius 2 is 2.15 bits per heavy atom. The van der Waals surface area contributed by atoms with Gasteiger partial charge in [0.1, 0.15) is 12.6 Å². The number of amides is 2. The Morgan fingerprint density at radius 3 is 2.70 bits per heavy atom. The Labute approximate surface area is 126 Å². The van der Waals surface area contributed by atoms with Crippen LogP contribution in [-0.2, 0) is 9.53 Å². The first-order valence-corrected chi connectivity index (χ1v) is 7.22. The molecule has 0 aromatic heterocycles. The van der Waals surface area contributed by atoms with Crippen molar-refractivity contribution in [3.8, 4) is 0 Å². The Bertz CT molecular complexity index is 311. The third-order valence-corrected chi connectivity index (χ3v) is 2.70. The topological polar surface area (TPSA) is 70.7 Å². The molecular weight excluding hydrogens is 278 g/mol. The van der Waals surface area contributed by atoms with Crippen molar-refractivity contribution < 1.29 is 14.3 Å². The maximum Gasteiger partial charge on any atom is 0.408 e. The standard InChI is InChI=1S/C13H25N3O3S/c1-4-9-19-13(18)15-11(6-10-20)12(17)14-7-5-8-16(2)3/h4,11,20H,1,5-10H2,2-3H3,(H,14,17)(H,15,18)/t11-/m0/s1. The van der Waals surface area contributed by atoms with Gasteiger partial charge in [0.25, 0.3) is 0 Å². The van der Waals surface area contributed by atoms with E-state index in [1.807, 2.05) is 19.0 Å². The molecule has 6 nitrogen and oxygen atoms in total. The van der Waals surface area contributed by atoms with Gasteiger partial charge in [0.15, 0.2) is 0 Å². The van der Waals surface area contributed by atoms with Crippen LogP contribution in [0.5, 0.6) is 0 Å². The molecule has 0 aromatic carbocycles. The third-order valence-electron chi connectivity index (χ3n) is 2.44. The first-order valence-electron chi connectivity index (χ1n) is 6.58. The number of alkyl carbamates (subject to hydrolysis) is 1. The molecule has 7 heteroatoms. The fourth-order valence-corrected chi connectivity index (χ4v) is 1.70. The van der Waals surface area contributed by atoms with Crippen molar-refractivity contribution in [1.82, 2.24) is 15.5 Å². The second-order valence-electron chi connectivity index (χ2n) is 4.54. The lowest BCUT2D eigenvalue weighted by molar-refractivity contribution is -0.123. The predicted molar refractivity (Wildman–Crippen MR) is 83.1 cm³/mol. The first-order chi connectivity index (χ1) is 9.51. The molecule has 0 aliphatic rings. The summed E-state index contributed by atoms with van der Waals surface area (Å²) in [6.45, 7) is 5.03. The highest BCUT2D eigenvalue weighted by molar-refractivity contribution is 7.80. The summed E-state index contributed by atoms with van der Waals surface area (Å²) in [5, 5.41) is 5.32. The molecule has 0 aliphatic carbocycles. The van der Waals surface area contributed by atoms with E-state index in [9.17, 15) is 9.59 Å². The molecule has 0 rings (SSSR count). The number of rotatable bonds is 10. The van der Waals surface area contributed by atoms with Gasteiger partial charge in [-0.2, -0.15) is 12.6 Å². The first kappa shape index (κ1) is 18.8. The van der Waals surface area contributed by atoms with Crippen LogP contribution in [0.2, 0.25) is 0 Å². The quantitative estimate of drug-likeness (QED) is 0.315. The maximum atomic E-state index is 11.9. The average Bonchev–Trinajstić information content (AvgIpc) is 2.40. The number of thiol groups is 1. The Balaban J connectivity index is 4.11. The molecule has 0 aliphatic heterocycles. The van der Waals surface area contributed by atoms with Crippen molar-refractivity contribution >= 4 is 24.6 Å². The van der Waals surface area contributed by atoms with Crippen LogP contribution in [0.15, 0.2) is 12.7 Å². The molecule has 0 radical (unpaired) electrons. The summed E-state index contributed by atoms with van der Waals surface area (Å²) in [7, 11) is 3.95. The van der Waals surface area contributed by atoms with Crippen LogP contribution in [0, 0.1) is 0 Å². The van der Waals surface area contributed by atoms with E-state index in [1.54, 1.807) is 0 Å². The molecule has 0 heterocycles. The zero-order valence-electron chi connectivity index (χ0n) is 12.2. The molecular formula is C13H25N3O3S. The predicted octanol–water partition coefficient (Wildman–Crippen LogP) is 0.655. The number of carbonyl (C=O) groups excluding carboxylic acids is 2. The van der Waals surface area contributed by atoms with Crippen molar-refractivity contribution in [2.24, 2.45) is 0 Å². The van der Waals surface area contributed by atoms with Crippen molar-refractivity contribution in [2.75, 3.05) is 39.5 Å². The second kappa shape index (κ2) is 11.6. The highest BCUT2D eigenvalue weighted by atomic mass is 32.1. The fraction of sp³-hybridized carbons (Fsp3) is 0.692. The SMILES string of the molecule is C=CCOC(=O)N[C@@H](CCS)C(=O)NCCCN(C)C. The Kier molecular flexibility index (Phi) is 10.9. The zero-order valence-corrected chi connectivity index (χ0v) is 13.1. The van der Waals surface area contributed by atoms with Crippen molar-refractivity contribution in [2.45, 2.75) is 18.9 Å². The molecule has 0 saturated carbocycles. The fourth-order valence-electron chi connectivity index (χ4n) is 1.45. The highest BCUT2D eigenvalue weighted by Crippen LogP contribution is 1.96. The van der Waals surface area contributed by atoms with Crippen molar-refractivity contribution in [1.29, 1.82) is 0 Å². The molecule has 20 heavy (non-hydrogen) atoms. The summed E-state index contributed by atoms with van der Waals surface area (Å²) in [6.07, 6.45) is 2.15. The third kappa shape index (κ3) is 9.69. The average molecular weight is 303 g/mol. The van der Waals surface area contributed by atoms with E-state index in [-0.39, 0.29) is 12.5 Å². The number of nitrogens with zero attached hydrogens (tertiary/aromatic N) is 1. The number of hydrogen-bond acceptors (Lipinski definition) is 5. The van der Waals surface area contributed by atoms with Gasteiger partial charge < -0.3 is 20.3 Å². The second-order valence-corrected chi connectivity index (χ2v) is 4.99. The minimum absolute atomic E-state index is 0.115. The van der Waals surface area contributed by atoms with E-state index < -0.39 is 12.1 Å². The molecule has 2 amide bonds. The lowest BCUT2D eigenvalue weighted by Crippen LogP contribution is -2.47. The summed E-state index contributed by atoms with van der Waals surface area (Å²) < 4.78 is 4.80. The monoisotopic (exact) mass is 303 g/mol. The summed E-state index contributed by atoms with van der Waals surface area (Å²) in [5.74, 6) is 0.283. The van der Waals surface area contributed by atoms with Crippen LogP contribution < -0.4 is 10.6 Å². The van der Waals surface area contributed by atoms with E-state index in [1.165, 1.54) is 6.08 Å². The summed E-state index contributed by atoms with van der Waals surface area (Å²) in [6, 6.07) is -0.621. The zero-order chi connectivity index (χ0) is 15.4. The molecule has 0 unspecified atom stereocenters. The van der Waals surface area contributed by atoms with Gasteiger partial charge in [-0.05, 0) is 39.2 Å². The normalized spacial score (nSPS) is 11.8. The number of nitrogens with one attached hydrogen (secondary N) is 2. The molecule has 0 aromatic rings. The smallest absolute Gasteiger partial charge is 0.408 e. The molecule has 0 saturated heterocycles. The van der Waals surface area contributed by atoms with E-state index in [0.717, 1.165) is 13.0 Å².